The van der Waals surface area contributed by atoms with Gasteiger partial charge in [0.15, 0.2) is 10.8 Å². The third-order valence-electron chi connectivity index (χ3n) is 5.67. The molecule has 34 heavy (non-hydrogen) atoms. The highest BCUT2D eigenvalue weighted by atomic mass is 35.5. The van der Waals surface area contributed by atoms with Crippen molar-refractivity contribution in [2.45, 2.75) is 37.6 Å². The second-order valence-electron chi connectivity index (χ2n) is 7.99. The zero-order chi connectivity index (χ0) is 24.3. The van der Waals surface area contributed by atoms with Crippen LogP contribution in [0.2, 0.25) is 5.02 Å². The third kappa shape index (κ3) is 5.76. The molecule has 2 saturated heterocycles. The molecule has 184 valence electrons. The quantitative estimate of drug-likeness (QED) is 0.637. The average Bonchev–Trinajstić information content (AvgIpc) is 3.27. The van der Waals surface area contributed by atoms with E-state index in [1.165, 1.54) is 6.20 Å². The molecular formula is C20H22ClF3N6O4. The summed E-state index contributed by atoms with van der Waals surface area (Å²) in [4.78, 5) is 35.2. The van der Waals surface area contributed by atoms with Gasteiger partial charge < -0.3 is 19.3 Å². The summed E-state index contributed by atoms with van der Waals surface area (Å²) in [6.07, 6.45) is -0.509. The fourth-order valence-electron chi connectivity index (χ4n) is 3.81. The second-order valence-corrected chi connectivity index (χ2v) is 8.37. The van der Waals surface area contributed by atoms with Gasteiger partial charge in [0.05, 0.1) is 30.4 Å². The highest BCUT2D eigenvalue weighted by Crippen LogP contribution is 2.29. The van der Waals surface area contributed by atoms with Crippen molar-refractivity contribution >= 4 is 23.5 Å². The molecule has 2 aromatic heterocycles. The summed E-state index contributed by atoms with van der Waals surface area (Å²) >= 11 is 5.88. The lowest BCUT2D eigenvalue weighted by molar-refractivity contribution is -0.138. The Bertz CT molecular complexity index is 1060. The van der Waals surface area contributed by atoms with Crippen LogP contribution in [0.4, 0.5) is 19.1 Å². The first-order valence-corrected chi connectivity index (χ1v) is 11.0. The number of nitrogens with one attached hydrogen (secondary N) is 1. The van der Waals surface area contributed by atoms with Crippen molar-refractivity contribution in [3.63, 3.8) is 0 Å². The monoisotopic (exact) mass is 502 g/mol. The number of carbonyl (C=O) groups excluding carboxylic acids is 1. The van der Waals surface area contributed by atoms with Crippen molar-refractivity contribution in [2.24, 2.45) is 0 Å². The minimum atomic E-state index is -4.48. The lowest BCUT2D eigenvalue weighted by atomic mass is 10.1. The van der Waals surface area contributed by atoms with Crippen LogP contribution in [-0.2, 0) is 15.7 Å². The molecule has 2 aromatic rings. The second kappa shape index (κ2) is 10.1. The number of anilines is 1. The lowest BCUT2D eigenvalue weighted by Gasteiger charge is -2.35. The lowest BCUT2D eigenvalue weighted by Crippen LogP contribution is -2.49. The van der Waals surface area contributed by atoms with Gasteiger partial charge in [0.25, 0.3) is 5.56 Å². The van der Waals surface area contributed by atoms with Gasteiger partial charge in [-0.05, 0) is 12.8 Å². The number of halogens is 4. The van der Waals surface area contributed by atoms with Crippen LogP contribution in [0, 0.1) is 0 Å². The first kappa shape index (κ1) is 24.2. The Kier molecular flexibility index (Phi) is 7.22. The molecule has 1 amide bonds. The number of hydrogen-bond acceptors (Lipinski definition) is 8. The summed E-state index contributed by atoms with van der Waals surface area (Å²) in [6.45, 7) is 1.85. The van der Waals surface area contributed by atoms with E-state index >= 15 is 0 Å². The Morgan fingerprint density at radius 1 is 1.15 bits per heavy atom. The summed E-state index contributed by atoms with van der Waals surface area (Å²) in [7, 11) is 0. The fraction of sp³-hybridized carbons (Fsp3) is 0.550. The molecule has 10 nitrogen and oxygen atoms in total. The molecule has 0 bridgehead atoms. The number of hydrogen-bond donors (Lipinski definition) is 1. The average molecular weight is 503 g/mol. The van der Waals surface area contributed by atoms with Gasteiger partial charge in [-0.15, -0.1) is 0 Å². The number of carbonyl (C=O) groups is 1. The van der Waals surface area contributed by atoms with E-state index in [9.17, 15) is 22.8 Å². The van der Waals surface area contributed by atoms with Crippen LogP contribution in [0.1, 0.15) is 24.8 Å². The van der Waals surface area contributed by atoms with Crippen LogP contribution in [0.15, 0.2) is 23.4 Å². The Morgan fingerprint density at radius 2 is 1.82 bits per heavy atom. The van der Waals surface area contributed by atoms with E-state index in [-0.39, 0.29) is 47.9 Å². The summed E-state index contributed by atoms with van der Waals surface area (Å²) in [5.41, 5.74) is -1.44. The number of rotatable bonds is 6. The zero-order valence-electron chi connectivity index (χ0n) is 17.9. The van der Waals surface area contributed by atoms with Crippen molar-refractivity contribution in [3.05, 3.63) is 39.5 Å². The van der Waals surface area contributed by atoms with Gasteiger partial charge in [-0.1, -0.05) is 11.6 Å². The normalized spacial score (nSPS) is 21.1. The van der Waals surface area contributed by atoms with Gasteiger partial charge in [0.1, 0.15) is 6.61 Å². The molecule has 4 rings (SSSR count). The Hall–Kier alpha value is -2.93. The number of piperazine rings is 1. The number of aromatic nitrogens is 4. The SMILES string of the molecule is O=C(C[C@@H]1CC[C@H](COc2cn[nH]c(=O)c2Cl)O1)N1CCN(c2ncc(C(F)(F)F)cn2)CC1. The van der Waals surface area contributed by atoms with Gasteiger partial charge in [-0.3, -0.25) is 9.59 Å². The van der Waals surface area contributed by atoms with Gasteiger partial charge in [0, 0.05) is 38.6 Å². The number of alkyl halides is 3. The number of aromatic amines is 1. The minimum absolute atomic E-state index is 0.0543. The Balaban J connectivity index is 1.21. The van der Waals surface area contributed by atoms with E-state index in [1.807, 2.05) is 0 Å². The van der Waals surface area contributed by atoms with Gasteiger partial charge in [0.2, 0.25) is 11.9 Å². The summed E-state index contributed by atoms with van der Waals surface area (Å²) in [5, 5.41) is 5.76. The molecule has 0 unspecified atom stereocenters. The molecule has 0 aromatic carbocycles. The van der Waals surface area contributed by atoms with Crippen molar-refractivity contribution in [3.8, 4) is 5.75 Å². The van der Waals surface area contributed by atoms with Gasteiger partial charge >= 0.3 is 6.18 Å². The maximum atomic E-state index is 12.7. The summed E-state index contributed by atoms with van der Waals surface area (Å²) in [6, 6.07) is 0. The molecule has 0 spiro atoms. The molecule has 14 heteroatoms. The number of nitrogens with zero attached hydrogens (tertiary/aromatic N) is 5. The molecule has 4 heterocycles. The van der Waals surface area contributed by atoms with E-state index in [1.54, 1.807) is 9.80 Å². The maximum absolute atomic E-state index is 12.7. The highest BCUT2D eigenvalue weighted by molar-refractivity contribution is 6.31. The fourth-order valence-corrected chi connectivity index (χ4v) is 3.96. The van der Waals surface area contributed by atoms with Crippen molar-refractivity contribution in [1.29, 1.82) is 0 Å². The Morgan fingerprint density at radius 3 is 2.50 bits per heavy atom. The molecule has 2 atom stereocenters. The molecule has 0 aliphatic carbocycles. The Labute approximate surface area is 197 Å². The van der Waals surface area contributed by atoms with E-state index in [0.29, 0.717) is 39.0 Å². The maximum Gasteiger partial charge on any atom is 0.419 e. The first-order chi connectivity index (χ1) is 16.2. The van der Waals surface area contributed by atoms with E-state index < -0.39 is 17.3 Å². The molecular weight excluding hydrogens is 481 g/mol. The number of H-pyrrole nitrogens is 1. The van der Waals surface area contributed by atoms with Crippen LogP contribution in [0.5, 0.6) is 5.75 Å². The van der Waals surface area contributed by atoms with E-state index in [0.717, 1.165) is 12.4 Å². The van der Waals surface area contributed by atoms with Crippen LogP contribution in [-0.4, -0.2) is 76.0 Å². The van der Waals surface area contributed by atoms with Crippen molar-refractivity contribution in [1.82, 2.24) is 25.1 Å². The molecule has 0 saturated carbocycles. The molecule has 1 N–H and O–H groups in total. The summed E-state index contributed by atoms with van der Waals surface area (Å²) < 4.78 is 49.4. The van der Waals surface area contributed by atoms with Gasteiger partial charge in [-0.25, -0.2) is 15.1 Å². The number of amides is 1. The van der Waals surface area contributed by atoms with E-state index in [4.69, 9.17) is 21.1 Å². The topological polar surface area (TPSA) is 114 Å². The van der Waals surface area contributed by atoms with Crippen LogP contribution >= 0.6 is 11.6 Å². The molecule has 2 fully saturated rings. The highest BCUT2D eigenvalue weighted by Gasteiger charge is 2.33. The van der Waals surface area contributed by atoms with Crippen LogP contribution < -0.4 is 15.2 Å². The third-order valence-corrected chi connectivity index (χ3v) is 6.02. The van der Waals surface area contributed by atoms with Crippen molar-refractivity contribution < 1.29 is 27.4 Å². The van der Waals surface area contributed by atoms with E-state index in [2.05, 4.69) is 20.2 Å². The standard InChI is InChI=1S/C20H22ClF3N6O4/c21-17-15(10-27-28-18(17)32)33-11-14-2-1-13(34-14)7-16(31)29-3-5-30(6-4-29)19-25-8-12(9-26-19)20(22,23)24/h8-10,13-14H,1-7,11H2,(H,28,32)/t13-,14+/m0/s1. The minimum Gasteiger partial charge on any atom is -0.487 e. The smallest absolute Gasteiger partial charge is 0.419 e. The van der Waals surface area contributed by atoms with Crippen LogP contribution in [0.25, 0.3) is 0 Å². The summed E-state index contributed by atoms with van der Waals surface area (Å²) in [5.74, 6) is 0.322. The molecule has 0 radical (unpaired) electrons. The largest absolute Gasteiger partial charge is 0.487 e. The van der Waals surface area contributed by atoms with Gasteiger partial charge in [-0.2, -0.15) is 18.3 Å². The number of ether oxygens (including phenoxy) is 2. The van der Waals surface area contributed by atoms with Crippen LogP contribution in [0.3, 0.4) is 0 Å². The predicted molar refractivity (Wildman–Crippen MR) is 114 cm³/mol. The zero-order valence-corrected chi connectivity index (χ0v) is 18.7. The first-order valence-electron chi connectivity index (χ1n) is 10.6. The molecule has 2 aliphatic heterocycles. The predicted octanol–water partition coefficient (Wildman–Crippen LogP) is 1.90. The molecule has 2 aliphatic rings. The van der Waals surface area contributed by atoms with Crippen molar-refractivity contribution in [2.75, 3.05) is 37.7 Å².